The van der Waals surface area contributed by atoms with E-state index in [0.717, 1.165) is 5.56 Å². The average Bonchev–Trinajstić information content (AvgIpc) is 2.16. The van der Waals surface area contributed by atoms with Crippen LogP contribution in [-0.4, -0.2) is 18.1 Å². The van der Waals surface area contributed by atoms with E-state index in [1.165, 1.54) is 7.11 Å². The summed E-state index contributed by atoms with van der Waals surface area (Å²) in [6.07, 6.45) is 2.52. The van der Waals surface area contributed by atoms with Gasteiger partial charge in [-0.05, 0) is 18.1 Å². The topological polar surface area (TPSA) is 39.2 Å². The van der Waals surface area contributed by atoms with E-state index in [2.05, 4.69) is 9.72 Å². The predicted octanol–water partition coefficient (Wildman–Crippen LogP) is 1.84. The standard InChI is InChI=1S/C9H10ClNO2/c1-13-8(12)5-4-7-3-2-6-11-9(7)10/h2-3,6H,4-5H2,1H3. The van der Waals surface area contributed by atoms with Crippen LogP contribution in [0.4, 0.5) is 0 Å². The van der Waals surface area contributed by atoms with E-state index in [1.54, 1.807) is 12.3 Å². The molecule has 0 aliphatic heterocycles. The minimum atomic E-state index is -0.236. The van der Waals surface area contributed by atoms with E-state index in [0.29, 0.717) is 18.0 Å². The third-order valence-electron chi connectivity index (χ3n) is 1.66. The second-order valence-electron chi connectivity index (χ2n) is 2.53. The first-order valence-corrected chi connectivity index (χ1v) is 4.28. The van der Waals surface area contributed by atoms with Crippen molar-refractivity contribution < 1.29 is 9.53 Å². The average molecular weight is 200 g/mol. The Balaban J connectivity index is 2.54. The molecule has 0 spiro atoms. The van der Waals surface area contributed by atoms with Crippen molar-refractivity contribution in [3.05, 3.63) is 29.0 Å². The number of halogens is 1. The molecule has 0 fully saturated rings. The van der Waals surface area contributed by atoms with Gasteiger partial charge in [0.2, 0.25) is 0 Å². The molecule has 0 aromatic carbocycles. The summed E-state index contributed by atoms with van der Waals surface area (Å²) in [4.78, 5) is 14.7. The lowest BCUT2D eigenvalue weighted by Gasteiger charge is -2.01. The maximum absolute atomic E-state index is 10.8. The number of nitrogens with zero attached hydrogens (tertiary/aromatic N) is 1. The molecule has 0 N–H and O–H groups in total. The fourth-order valence-electron chi connectivity index (χ4n) is 0.945. The molecule has 0 aliphatic carbocycles. The number of aryl methyl sites for hydroxylation is 1. The summed E-state index contributed by atoms with van der Waals surface area (Å²) in [6, 6.07) is 3.64. The van der Waals surface area contributed by atoms with Crippen LogP contribution in [0.2, 0.25) is 5.15 Å². The summed E-state index contributed by atoms with van der Waals surface area (Å²) < 4.78 is 4.51. The second-order valence-corrected chi connectivity index (χ2v) is 2.89. The summed E-state index contributed by atoms with van der Waals surface area (Å²) in [5.74, 6) is -0.236. The second kappa shape index (κ2) is 4.82. The number of methoxy groups -OCH3 is 1. The number of aromatic nitrogens is 1. The fourth-order valence-corrected chi connectivity index (χ4v) is 1.16. The number of rotatable bonds is 3. The van der Waals surface area contributed by atoms with Crippen LogP contribution in [0.3, 0.4) is 0 Å². The Hall–Kier alpha value is -1.09. The Morgan fingerprint density at radius 1 is 1.69 bits per heavy atom. The molecule has 1 aromatic heterocycles. The first kappa shape index (κ1) is 9.99. The molecule has 3 nitrogen and oxygen atoms in total. The molecule has 0 radical (unpaired) electrons. The summed E-state index contributed by atoms with van der Waals surface area (Å²) in [5.41, 5.74) is 0.870. The van der Waals surface area contributed by atoms with Gasteiger partial charge >= 0.3 is 5.97 Å². The molecule has 1 rings (SSSR count). The van der Waals surface area contributed by atoms with Gasteiger partial charge in [-0.25, -0.2) is 4.98 Å². The van der Waals surface area contributed by atoms with Gasteiger partial charge < -0.3 is 4.74 Å². The molecule has 1 heterocycles. The highest BCUT2D eigenvalue weighted by molar-refractivity contribution is 6.30. The minimum Gasteiger partial charge on any atom is -0.469 e. The molecule has 0 atom stereocenters. The van der Waals surface area contributed by atoms with Gasteiger partial charge in [-0.1, -0.05) is 17.7 Å². The number of carbonyl (C=O) groups is 1. The molecule has 0 aliphatic rings. The summed E-state index contributed by atoms with van der Waals surface area (Å²) >= 11 is 5.79. The van der Waals surface area contributed by atoms with Gasteiger partial charge in [0.1, 0.15) is 5.15 Å². The van der Waals surface area contributed by atoms with Gasteiger partial charge in [-0.15, -0.1) is 0 Å². The van der Waals surface area contributed by atoms with E-state index in [1.807, 2.05) is 6.07 Å². The molecule has 0 bridgehead atoms. The highest BCUT2D eigenvalue weighted by atomic mass is 35.5. The first-order chi connectivity index (χ1) is 6.24. The normalized spacial score (nSPS) is 9.69. The van der Waals surface area contributed by atoms with Crippen LogP contribution in [0.15, 0.2) is 18.3 Å². The zero-order valence-electron chi connectivity index (χ0n) is 7.29. The van der Waals surface area contributed by atoms with Crippen molar-refractivity contribution in [2.24, 2.45) is 0 Å². The van der Waals surface area contributed by atoms with Crippen LogP contribution < -0.4 is 0 Å². The molecular weight excluding hydrogens is 190 g/mol. The van der Waals surface area contributed by atoms with Gasteiger partial charge in [-0.2, -0.15) is 0 Å². The number of ether oxygens (including phenoxy) is 1. The Kier molecular flexibility index (Phi) is 3.71. The maximum Gasteiger partial charge on any atom is 0.305 e. The Labute approximate surface area is 81.7 Å². The van der Waals surface area contributed by atoms with E-state index < -0.39 is 0 Å². The molecule has 0 saturated carbocycles. The first-order valence-electron chi connectivity index (χ1n) is 3.90. The van der Waals surface area contributed by atoms with Crippen molar-refractivity contribution in [2.75, 3.05) is 7.11 Å². The lowest BCUT2D eigenvalue weighted by Crippen LogP contribution is -2.02. The fraction of sp³-hybridized carbons (Fsp3) is 0.333. The molecule has 70 valence electrons. The van der Waals surface area contributed by atoms with Crippen LogP contribution in [0.25, 0.3) is 0 Å². The largest absolute Gasteiger partial charge is 0.469 e. The van der Waals surface area contributed by atoms with Gasteiger partial charge in [0.15, 0.2) is 0 Å². The van der Waals surface area contributed by atoms with Crippen molar-refractivity contribution in [1.82, 2.24) is 4.98 Å². The quantitative estimate of drug-likeness (QED) is 0.551. The lowest BCUT2D eigenvalue weighted by atomic mass is 10.1. The van der Waals surface area contributed by atoms with E-state index in [-0.39, 0.29) is 5.97 Å². The molecule has 0 amide bonds. The van der Waals surface area contributed by atoms with Gasteiger partial charge in [0.25, 0.3) is 0 Å². The maximum atomic E-state index is 10.8. The van der Waals surface area contributed by atoms with Crippen LogP contribution in [0.5, 0.6) is 0 Å². The molecule has 4 heteroatoms. The zero-order valence-corrected chi connectivity index (χ0v) is 8.04. The summed E-state index contributed by atoms with van der Waals surface area (Å²) in [5, 5.41) is 0.450. The highest BCUT2D eigenvalue weighted by Crippen LogP contribution is 2.13. The number of esters is 1. The number of hydrogen-bond acceptors (Lipinski definition) is 3. The number of hydrogen-bond donors (Lipinski definition) is 0. The zero-order chi connectivity index (χ0) is 9.68. The van der Waals surface area contributed by atoms with Crippen LogP contribution in [0, 0.1) is 0 Å². The van der Waals surface area contributed by atoms with Gasteiger partial charge in [0.05, 0.1) is 7.11 Å². The smallest absolute Gasteiger partial charge is 0.305 e. The van der Waals surface area contributed by atoms with Crippen molar-refractivity contribution >= 4 is 17.6 Å². The summed E-state index contributed by atoms with van der Waals surface area (Å²) in [7, 11) is 1.37. The lowest BCUT2D eigenvalue weighted by molar-refractivity contribution is -0.140. The molecule has 0 saturated heterocycles. The highest BCUT2D eigenvalue weighted by Gasteiger charge is 2.04. The summed E-state index contributed by atoms with van der Waals surface area (Å²) in [6.45, 7) is 0. The van der Waals surface area contributed by atoms with Crippen LogP contribution in [0.1, 0.15) is 12.0 Å². The van der Waals surface area contributed by atoms with E-state index in [9.17, 15) is 4.79 Å². The van der Waals surface area contributed by atoms with E-state index >= 15 is 0 Å². The minimum absolute atomic E-state index is 0.236. The Morgan fingerprint density at radius 2 is 2.46 bits per heavy atom. The number of pyridine rings is 1. The molecule has 0 unspecified atom stereocenters. The van der Waals surface area contributed by atoms with Gasteiger partial charge in [0, 0.05) is 12.6 Å². The Bertz CT molecular complexity index is 301. The SMILES string of the molecule is COC(=O)CCc1cccnc1Cl. The number of carbonyl (C=O) groups excluding carboxylic acids is 1. The van der Waals surface area contributed by atoms with Crippen LogP contribution in [-0.2, 0) is 16.0 Å². The predicted molar refractivity (Wildman–Crippen MR) is 49.6 cm³/mol. The third kappa shape index (κ3) is 3.03. The third-order valence-corrected chi connectivity index (χ3v) is 2.00. The van der Waals surface area contributed by atoms with Gasteiger partial charge in [-0.3, -0.25) is 4.79 Å². The van der Waals surface area contributed by atoms with Crippen molar-refractivity contribution in [3.63, 3.8) is 0 Å². The monoisotopic (exact) mass is 199 g/mol. The van der Waals surface area contributed by atoms with E-state index in [4.69, 9.17) is 11.6 Å². The van der Waals surface area contributed by atoms with Crippen LogP contribution >= 0.6 is 11.6 Å². The van der Waals surface area contributed by atoms with Crippen molar-refractivity contribution in [3.8, 4) is 0 Å². The Morgan fingerprint density at radius 3 is 3.08 bits per heavy atom. The molecule has 1 aromatic rings. The molecular formula is C9H10ClNO2. The van der Waals surface area contributed by atoms with Crippen molar-refractivity contribution in [1.29, 1.82) is 0 Å². The molecule has 13 heavy (non-hydrogen) atoms. The van der Waals surface area contributed by atoms with Crippen molar-refractivity contribution in [2.45, 2.75) is 12.8 Å².